The highest BCUT2D eigenvalue weighted by Gasteiger charge is 2.34. The third kappa shape index (κ3) is 4.85. The van der Waals surface area contributed by atoms with Gasteiger partial charge in [0.05, 0.1) is 11.5 Å². The molecule has 7 rings (SSSR count). The number of nitrogens with zero attached hydrogens (tertiary/aromatic N) is 6. The van der Waals surface area contributed by atoms with Crippen molar-refractivity contribution in [2.24, 2.45) is 0 Å². The fourth-order valence-electron chi connectivity index (χ4n) is 6.86. The third-order valence-corrected chi connectivity index (χ3v) is 8.99. The van der Waals surface area contributed by atoms with Gasteiger partial charge in [0.2, 0.25) is 0 Å². The van der Waals surface area contributed by atoms with Gasteiger partial charge in [0.15, 0.2) is 5.82 Å². The van der Waals surface area contributed by atoms with Gasteiger partial charge in [-0.05, 0) is 62.0 Å². The average Bonchev–Trinajstić information content (AvgIpc) is 3.57. The highest BCUT2D eigenvalue weighted by Crippen LogP contribution is 2.37. The molecule has 3 aliphatic rings. The Balaban J connectivity index is 1.35. The van der Waals surface area contributed by atoms with E-state index in [1.807, 2.05) is 36.4 Å². The maximum absolute atomic E-state index is 16.7. The highest BCUT2D eigenvalue weighted by atomic mass is 19.1. The SMILES string of the molecule is CN1CCC[C@H]1COc1nc(N2CC3CCC(C2)N3)c2cnc(-c3cccc4cccc(CCC#N)c34)c(F)c2n1. The summed E-state index contributed by atoms with van der Waals surface area (Å²) in [4.78, 5) is 18.8. The van der Waals surface area contributed by atoms with Crippen LogP contribution in [0.4, 0.5) is 10.2 Å². The van der Waals surface area contributed by atoms with Crippen LogP contribution in [0.15, 0.2) is 42.6 Å². The molecule has 0 spiro atoms. The van der Waals surface area contributed by atoms with Crippen LogP contribution in [-0.4, -0.2) is 71.3 Å². The maximum Gasteiger partial charge on any atom is 0.319 e. The Hall–Kier alpha value is -3.87. The predicted molar refractivity (Wildman–Crippen MR) is 157 cm³/mol. The van der Waals surface area contributed by atoms with E-state index in [0.29, 0.717) is 54.3 Å². The number of benzene rings is 2. The van der Waals surface area contributed by atoms with Gasteiger partial charge in [-0.25, -0.2) is 4.39 Å². The minimum absolute atomic E-state index is 0.211. The van der Waals surface area contributed by atoms with Crippen molar-refractivity contribution in [2.75, 3.05) is 38.2 Å². The molecule has 0 radical (unpaired) electrons. The first-order chi connectivity index (χ1) is 20.1. The van der Waals surface area contributed by atoms with Crippen LogP contribution in [0.25, 0.3) is 32.9 Å². The second-order valence-corrected chi connectivity index (χ2v) is 11.6. The maximum atomic E-state index is 16.7. The van der Waals surface area contributed by atoms with Gasteiger partial charge in [0.1, 0.15) is 23.6 Å². The van der Waals surface area contributed by atoms with E-state index in [2.05, 4.69) is 33.2 Å². The third-order valence-electron chi connectivity index (χ3n) is 8.99. The Morgan fingerprint density at radius 3 is 2.66 bits per heavy atom. The van der Waals surface area contributed by atoms with Crippen LogP contribution < -0.4 is 15.0 Å². The molecule has 3 fully saturated rings. The lowest BCUT2D eigenvalue weighted by molar-refractivity contribution is 0.188. The van der Waals surface area contributed by atoms with Crippen molar-refractivity contribution in [3.63, 3.8) is 0 Å². The lowest BCUT2D eigenvalue weighted by Gasteiger charge is -2.34. The molecule has 2 aromatic heterocycles. The molecule has 3 saturated heterocycles. The zero-order valence-corrected chi connectivity index (χ0v) is 23.3. The Morgan fingerprint density at radius 1 is 1.10 bits per heavy atom. The summed E-state index contributed by atoms with van der Waals surface area (Å²) >= 11 is 0. The van der Waals surface area contributed by atoms with Gasteiger partial charge in [-0.3, -0.25) is 4.98 Å². The minimum Gasteiger partial charge on any atom is -0.462 e. The molecular formula is C32H34FN7O. The molecule has 0 amide bonds. The number of aromatic nitrogens is 3. The number of hydrogen-bond acceptors (Lipinski definition) is 8. The molecule has 210 valence electrons. The van der Waals surface area contributed by atoms with E-state index in [1.165, 1.54) is 0 Å². The first-order valence-electron chi connectivity index (χ1n) is 14.7. The van der Waals surface area contributed by atoms with Crippen molar-refractivity contribution < 1.29 is 9.13 Å². The van der Waals surface area contributed by atoms with Crippen LogP contribution in [0.1, 0.15) is 37.7 Å². The zero-order chi connectivity index (χ0) is 27.9. The second-order valence-electron chi connectivity index (χ2n) is 11.6. The quantitative estimate of drug-likeness (QED) is 0.349. The van der Waals surface area contributed by atoms with Crippen LogP contribution in [0.5, 0.6) is 6.01 Å². The molecule has 5 heterocycles. The van der Waals surface area contributed by atoms with Crippen molar-refractivity contribution in [1.29, 1.82) is 5.26 Å². The fraction of sp³-hybridized carbons (Fsp3) is 0.438. The van der Waals surface area contributed by atoms with Gasteiger partial charge in [0, 0.05) is 49.4 Å². The topological polar surface area (TPSA) is 90.2 Å². The van der Waals surface area contributed by atoms with Gasteiger partial charge in [-0.1, -0.05) is 36.4 Å². The first kappa shape index (κ1) is 26.1. The van der Waals surface area contributed by atoms with Crippen molar-refractivity contribution in [2.45, 2.75) is 56.7 Å². The molecule has 41 heavy (non-hydrogen) atoms. The Bertz CT molecular complexity index is 1640. The molecule has 1 N–H and O–H groups in total. The molecule has 3 atom stereocenters. The first-order valence-corrected chi connectivity index (χ1v) is 14.7. The number of ether oxygens (including phenoxy) is 1. The van der Waals surface area contributed by atoms with Crippen LogP contribution in [0.2, 0.25) is 0 Å². The summed E-state index contributed by atoms with van der Waals surface area (Å²) < 4.78 is 22.8. The summed E-state index contributed by atoms with van der Waals surface area (Å²) in [6.45, 7) is 3.14. The van der Waals surface area contributed by atoms with Crippen molar-refractivity contribution in [3.05, 3.63) is 54.0 Å². The number of likely N-dealkylation sites (tertiary alicyclic amines) is 1. The summed E-state index contributed by atoms with van der Waals surface area (Å²) in [5.41, 5.74) is 2.18. The Morgan fingerprint density at radius 2 is 1.90 bits per heavy atom. The van der Waals surface area contributed by atoms with Crippen LogP contribution in [0, 0.1) is 17.1 Å². The van der Waals surface area contributed by atoms with Gasteiger partial charge in [0.25, 0.3) is 0 Å². The molecule has 2 unspecified atom stereocenters. The van der Waals surface area contributed by atoms with E-state index in [4.69, 9.17) is 14.7 Å². The zero-order valence-electron chi connectivity index (χ0n) is 23.3. The number of anilines is 1. The minimum atomic E-state index is -0.477. The lowest BCUT2D eigenvalue weighted by Crippen LogP contribution is -2.51. The molecule has 0 saturated carbocycles. The van der Waals surface area contributed by atoms with Gasteiger partial charge < -0.3 is 19.9 Å². The molecule has 4 aromatic rings. The number of hydrogen-bond donors (Lipinski definition) is 1. The molecule has 9 heteroatoms. The number of nitriles is 1. The number of pyridine rings is 1. The second kappa shape index (κ2) is 10.8. The Kier molecular flexibility index (Phi) is 6.89. The van der Waals surface area contributed by atoms with Gasteiger partial charge in [-0.2, -0.15) is 15.2 Å². The molecule has 8 nitrogen and oxygen atoms in total. The van der Waals surface area contributed by atoms with Crippen molar-refractivity contribution in [1.82, 2.24) is 25.2 Å². The number of fused-ring (bicyclic) bond motifs is 4. The highest BCUT2D eigenvalue weighted by molar-refractivity contribution is 6.00. The van der Waals surface area contributed by atoms with Crippen molar-refractivity contribution >= 4 is 27.5 Å². The summed E-state index contributed by atoms with van der Waals surface area (Å²) in [7, 11) is 2.11. The van der Waals surface area contributed by atoms with E-state index >= 15 is 4.39 Å². The number of nitrogens with one attached hydrogen (secondary N) is 1. The Labute approximate surface area is 239 Å². The summed E-state index contributed by atoms with van der Waals surface area (Å²) in [6, 6.07) is 15.4. The summed E-state index contributed by atoms with van der Waals surface area (Å²) in [5.74, 6) is 0.212. The number of piperazine rings is 1. The fourth-order valence-corrected chi connectivity index (χ4v) is 6.86. The van der Waals surface area contributed by atoms with Gasteiger partial charge >= 0.3 is 6.01 Å². The standard InChI is InChI=1S/C32H34FN7O/c1-39-15-5-10-24(39)19-41-32-37-30-26(31(38-32)40-17-22-12-13-23(18-40)36-22)16-35-29(28(30)33)25-11-3-8-20-6-2-7-21(27(20)25)9-4-14-34/h2-3,6-8,11,16,22-24,36H,4-5,9-10,12-13,15,17-19H2,1H3/t22?,23?,24-/m0/s1. The monoisotopic (exact) mass is 551 g/mol. The molecule has 2 aromatic carbocycles. The molecular weight excluding hydrogens is 517 g/mol. The van der Waals surface area contributed by atoms with E-state index in [1.54, 1.807) is 6.20 Å². The normalized spacial score (nSPS) is 22.5. The van der Waals surface area contributed by atoms with E-state index in [9.17, 15) is 5.26 Å². The molecule has 2 bridgehead atoms. The van der Waals surface area contributed by atoms with Crippen molar-refractivity contribution in [3.8, 4) is 23.3 Å². The van der Waals surface area contributed by atoms with Gasteiger partial charge in [-0.15, -0.1) is 0 Å². The number of rotatable bonds is 7. The van der Waals surface area contributed by atoms with E-state index < -0.39 is 5.82 Å². The van der Waals surface area contributed by atoms with E-state index in [0.717, 1.165) is 61.7 Å². The summed E-state index contributed by atoms with van der Waals surface area (Å²) in [5, 5.41) is 15.4. The molecule has 0 aliphatic carbocycles. The lowest BCUT2D eigenvalue weighted by atomic mass is 9.94. The van der Waals surface area contributed by atoms with E-state index in [-0.39, 0.29) is 17.2 Å². The molecule has 3 aliphatic heterocycles. The average molecular weight is 552 g/mol. The van der Waals surface area contributed by atoms with Crippen LogP contribution >= 0.6 is 0 Å². The van der Waals surface area contributed by atoms with Crippen LogP contribution in [0.3, 0.4) is 0 Å². The number of aryl methyl sites for hydroxylation is 1. The predicted octanol–water partition coefficient (Wildman–Crippen LogP) is 4.85. The number of halogens is 1. The largest absolute Gasteiger partial charge is 0.462 e. The van der Waals surface area contributed by atoms with Crippen LogP contribution in [-0.2, 0) is 6.42 Å². The smallest absolute Gasteiger partial charge is 0.319 e. The number of likely N-dealkylation sites (N-methyl/N-ethyl adjacent to an activating group) is 1. The summed E-state index contributed by atoms with van der Waals surface area (Å²) in [6.07, 6.45) is 7.17.